The molecule has 9 heavy (non-hydrogen) atoms. The van der Waals surface area contributed by atoms with E-state index in [2.05, 4.69) is 13.2 Å². The minimum atomic E-state index is -1.38. The molecule has 0 aliphatic heterocycles. The quantitative estimate of drug-likeness (QED) is 0.325. The summed E-state index contributed by atoms with van der Waals surface area (Å²) in [6.07, 6.45) is 0. The molecule has 0 saturated heterocycles. The first-order valence-electron chi connectivity index (χ1n) is 1.88. The van der Waals surface area contributed by atoms with Gasteiger partial charge in [0.15, 0.2) is 0 Å². The van der Waals surface area contributed by atoms with Crippen molar-refractivity contribution in [3.63, 3.8) is 0 Å². The molecule has 0 aromatic heterocycles. The molecule has 0 rings (SSSR count). The third-order valence-corrected chi connectivity index (χ3v) is 0.301. The van der Waals surface area contributed by atoms with Crippen molar-refractivity contribution in [2.24, 2.45) is 0 Å². The van der Waals surface area contributed by atoms with Crippen molar-refractivity contribution in [2.75, 3.05) is 0 Å². The molecule has 0 radical (unpaired) electrons. The van der Waals surface area contributed by atoms with Crippen molar-refractivity contribution in [2.45, 2.75) is 6.92 Å². The molecule has 0 bridgehead atoms. The van der Waals surface area contributed by atoms with Crippen LogP contribution in [0, 0.1) is 0 Å². The SMILES string of the molecule is C=C.CC(=O)C(=O)O.[KH]. The maximum absolute atomic E-state index is 9.54. The van der Waals surface area contributed by atoms with Crippen molar-refractivity contribution >= 4 is 63.1 Å². The molecule has 4 heteroatoms. The van der Waals surface area contributed by atoms with Gasteiger partial charge in [-0.05, 0) is 0 Å². The predicted octanol–water partition coefficient (Wildman–Crippen LogP) is -0.186. The van der Waals surface area contributed by atoms with Gasteiger partial charge in [0.05, 0.1) is 0 Å². The molecule has 0 amide bonds. The van der Waals surface area contributed by atoms with Gasteiger partial charge < -0.3 is 5.11 Å². The predicted molar refractivity (Wildman–Crippen MR) is 36.7 cm³/mol. The number of carbonyl (C=O) groups excluding carboxylic acids is 1. The van der Waals surface area contributed by atoms with E-state index in [4.69, 9.17) is 5.11 Å². The monoisotopic (exact) mass is 156 g/mol. The van der Waals surface area contributed by atoms with Gasteiger partial charge in [0.25, 0.3) is 0 Å². The first kappa shape index (κ1) is 16.3. The Morgan fingerprint density at radius 2 is 1.44 bits per heavy atom. The zero-order valence-electron chi connectivity index (χ0n) is 4.68. The Morgan fingerprint density at radius 3 is 1.44 bits per heavy atom. The van der Waals surface area contributed by atoms with Crippen LogP contribution in [0.15, 0.2) is 13.2 Å². The normalized spacial score (nSPS) is 5.44. The van der Waals surface area contributed by atoms with Gasteiger partial charge in [-0.15, -0.1) is 13.2 Å². The topological polar surface area (TPSA) is 54.4 Å². The summed E-state index contributed by atoms with van der Waals surface area (Å²) in [4.78, 5) is 18.9. The molecular weight excluding hydrogens is 147 g/mol. The van der Waals surface area contributed by atoms with Crippen LogP contribution in [0.1, 0.15) is 6.92 Å². The average Bonchev–Trinajstić information content (AvgIpc) is 1.72. The number of carboxylic acids is 1. The van der Waals surface area contributed by atoms with Crippen LogP contribution in [-0.4, -0.2) is 68.2 Å². The average molecular weight is 156 g/mol. The number of carbonyl (C=O) groups is 2. The van der Waals surface area contributed by atoms with E-state index in [0.717, 1.165) is 6.92 Å². The van der Waals surface area contributed by atoms with Crippen LogP contribution in [0.3, 0.4) is 0 Å². The van der Waals surface area contributed by atoms with E-state index < -0.39 is 11.8 Å². The van der Waals surface area contributed by atoms with E-state index in [1.807, 2.05) is 0 Å². The number of hydrogen-bond acceptors (Lipinski definition) is 2. The molecule has 0 spiro atoms. The molecule has 0 saturated carbocycles. The molecule has 0 aliphatic carbocycles. The molecule has 0 aromatic rings. The van der Waals surface area contributed by atoms with Crippen molar-refractivity contribution < 1.29 is 14.7 Å². The number of Topliss-reactive ketones (excluding diaryl/α,β-unsaturated/α-hetero) is 1. The first-order valence-corrected chi connectivity index (χ1v) is 1.88. The molecule has 0 heterocycles. The van der Waals surface area contributed by atoms with Crippen molar-refractivity contribution in [3.05, 3.63) is 13.2 Å². The summed E-state index contributed by atoms with van der Waals surface area (Å²) in [5, 5.41) is 7.64. The van der Waals surface area contributed by atoms with Crippen LogP contribution in [0.4, 0.5) is 0 Å². The molecule has 0 atom stereocenters. The Bertz CT molecular complexity index is 88.4. The molecule has 48 valence electrons. The van der Waals surface area contributed by atoms with Crippen molar-refractivity contribution in [3.8, 4) is 0 Å². The zero-order valence-corrected chi connectivity index (χ0v) is 4.68. The third kappa shape index (κ3) is 17.7. The van der Waals surface area contributed by atoms with Gasteiger partial charge in [0, 0.05) is 6.92 Å². The number of carboxylic acid groups (broad SMARTS) is 1. The molecule has 3 nitrogen and oxygen atoms in total. The maximum atomic E-state index is 9.54. The van der Waals surface area contributed by atoms with Crippen molar-refractivity contribution in [1.82, 2.24) is 0 Å². The van der Waals surface area contributed by atoms with Gasteiger partial charge in [0.2, 0.25) is 5.78 Å². The van der Waals surface area contributed by atoms with Gasteiger partial charge >= 0.3 is 57.4 Å². The zero-order chi connectivity index (χ0) is 7.15. The molecule has 1 N–H and O–H groups in total. The van der Waals surface area contributed by atoms with Gasteiger partial charge in [-0.3, -0.25) is 4.79 Å². The molecule has 0 aliphatic rings. The second kappa shape index (κ2) is 11.3. The fourth-order valence-electron chi connectivity index (χ4n) is 0. The van der Waals surface area contributed by atoms with Gasteiger partial charge in [-0.25, -0.2) is 4.79 Å². The first-order chi connectivity index (χ1) is 3.64. The summed E-state index contributed by atoms with van der Waals surface area (Å²) >= 11 is 0. The minimum absolute atomic E-state index is 0. The Labute approximate surface area is 96.6 Å². The van der Waals surface area contributed by atoms with E-state index in [9.17, 15) is 9.59 Å². The van der Waals surface area contributed by atoms with Crippen LogP contribution in [0.5, 0.6) is 0 Å². The Morgan fingerprint density at radius 1 is 1.33 bits per heavy atom. The fourth-order valence-corrected chi connectivity index (χ4v) is 0. The second-order valence-electron chi connectivity index (χ2n) is 0.861. The van der Waals surface area contributed by atoms with Crippen LogP contribution in [-0.2, 0) is 9.59 Å². The van der Waals surface area contributed by atoms with Crippen molar-refractivity contribution in [1.29, 1.82) is 0 Å². The van der Waals surface area contributed by atoms with E-state index >= 15 is 0 Å². The van der Waals surface area contributed by atoms with E-state index in [-0.39, 0.29) is 51.4 Å². The third-order valence-electron chi connectivity index (χ3n) is 0.301. The summed E-state index contributed by atoms with van der Waals surface area (Å²) in [6, 6.07) is 0. The second-order valence-corrected chi connectivity index (χ2v) is 0.861. The Balaban J connectivity index is -0.000000109. The number of ketones is 1. The van der Waals surface area contributed by atoms with Gasteiger partial charge in [0.1, 0.15) is 0 Å². The molecule has 0 aromatic carbocycles. The van der Waals surface area contributed by atoms with Gasteiger partial charge in [-0.1, -0.05) is 0 Å². The Hall–Kier alpha value is 0.516. The van der Waals surface area contributed by atoms with E-state index in [1.165, 1.54) is 0 Å². The van der Waals surface area contributed by atoms with Crippen LogP contribution >= 0.6 is 0 Å². The van der Waals surface area contributed by atoms with E-state index in [1.54, 1.807) is 0 Å². The number of rotatable bonds is 1. The Kier molecular flexibility index (Phi) is 20.5. The summed E-state index contributed by atoms with van der Waals surface area (Å²) in [6.45, 7) is 7.00. The molecule has 0 unspecified atom stereocenters. The molecular formula is C5H9KO3. The standard InChI is InChI=1S/C3H4O3.C2H4.K.H/c1-2(4)3(5)6;1-2;;/h1H3,(H,5,6);1-2H2;;. The van der Waals surface area contributed by atoms with Gasteiger partial charge in [-0.2, -0.15) is 0 Å². The summed E-state index contributed by atoms with van der Waals surface area (Å²) < 4.78 is 0. The van der Waals surface area contributed by atoms with Crippen LogP contribution < -0.4 is 0 Å². The van der Waals surface area contributed by atoms with Crippen LogP contribution in [0.2, 0.25) is 0 Å². The molecule has 0 fully saturated rings. The number of aliphatic carboxylic acids is 1. The summed E-state index contributed by atoms with van der Waals surface area (Å²) in [7, 11) is 0. The van der Waals surface area contributed by atoms with E-state index in [0.29, 0.717) is 0 Å². The number of hydrogen-bond donors (Lipinski definition) is 1. The summed E-state index contributed by atoms with van der Waals surface area (Å²) in [5.41, 5.74) is 0. The van der Waals surface area contributed by atoms with Crippen LogP contribution in [0.25, 0.3) is 0 Å². The summed E-state index contributed by atoms with van der Waals surface area (Å²) in [5.74, 6) is -2.20. The fraction of sp³-hybridized carbons (Fsp3) is 0.200.